The first-order chi connectivity index (χ1) is 20.3. The zero-order chi connectivity index (χ0) is 27.8. The van der Waals surface area contributed by atoms with E-state index in [0.29, 0.717) is 0 Å². The summed E-state index contributed by atoms with van der Waals surface area (Å²) in [6.45, 7) is 0. The summed E-state index contributed by atoms with van der Waals surface area (Å²) in [5.41, 5.74) is 0. The number of hydrogen-bond acceptors (Lipinski definition) is 3. The standard InChI is InChI=1S/2C6H11O.4C6H5.O.2Sn/c2*7-6-4-2-1-3-5-6;4*1-2-4-6-5-3-1;;;/h2*6H,1-5H2;4*1-5H;;;/q2*-1;;;;;;2*+1. The van der Waals surface area contributed by atoms with Crippen molar-refractivity contribution in [2.75, 3.05) is 0 Å². The fourth-order valence-corrected chi connectivity index (χ4v) is 42.6. The van der Waals surface area contributed by atoms with Crippen LogP contribution in [0.1, 0.15) is 64.2 Å². The molecule has 0 radical (unpaired) electrons. The van der Waals surface area contributed by atoms with Crippen LogP contribution in [0.25, 0.3) is 0 Å². The van der Waals surface area contributed by atoms with E-state index in [1.165, 1.54) is 52.8 Å². The van der Waals surface area contributed by atoms with Gasteiger partial charge in [0.15, 0.2) is 0 Å². The number of rotatable bonds is 10. The molecule has 0 aliphatic heterocycles. The van der Waals surface area contributed by atoms with Crippen molar-refractivity contribution in [3.63, 3.8) is 0 Å². The Morgan fingerprint density at radius 1 is 0.366 bits per heavy atom. The Bertz CT molecular complexity index is 1140. The molecule has 2 saturated carbocycles. The average molecular weight is 760 g/mol. The average Bonchev–Trinajstić information content (AvgIpc) is 3.06. The van der Waals surface area contributed by atoms with Crippen LogP contribution in [0.3, 0.4) is 0 Å². The van der Waals surface area contributed by atoms with Gasteiger partial charge in [-0.3, -0.25) is 0 Å². The third-order valence-electron chi connectivity index (χ3n) is 8.67. The van der Waals surface area contributed by atoms with Gasteiger partial charge in [0.05, 0.1) is 0 Å². The topological polar surface area (TPSA) is 27.7 Å². The fraction of sp³-hybridized carbons (Fsp3) is 0.333. The van der Waals surface area contributed by atoms with E-state index in [4.69, 9.17) is 7.56 Å². The molecule has 0 spiro atoms. The van der Waals surface area contributed by atoms with E-state index < -0.39 is 38.4 Å². The minimum absolute atomic E-state index is 0.213. The molecule has 4 aromatic rings. The molecule has 5 heteroatoms. The Hall–Kier alpha value is -1.64. The van der Waals surface area contributed by atoms with Crippen LogP contribution in [-0.4, -0.2) is 50.6 Å². The summed E-state index contributed by atoms with van der Waals surface area (Å²) in [6, 6.07) is 43.8. The van der Waals surface area contributed by atoms with Gasteiger partial charge in [0.25, 0.3) is 0 Å². The molecular weight excluding hydrogens is 718 g/mol. The van der Waals surface area contributed by atoms with Gasteiger partial charge >= 0.3 is 258 Å². The van der Waals surface area contributed by atoms with Crippen molar-refractivity contribution in [3.8, 4) is 0 Å². The quantitative estimate of drug-likeness (QED) is 0.180. The molecule has 6 rings (SSSR count). The van der Waals surface area contributed by atoms with E-state index in [1.807, 2.05) is 0 Å². The molecule has 0 bridgehead atoms. The van der Waals surface area contributed by atoms with Crippen molar-refractivity contribution in [2.24, 2.45) is 0 Å². The molecule has 0 unspecified atom stereocenters. The Morgan fingerprint density at radius 3 is 0.902 bits per heavy atom. The van der Waals surface area contributed by atoms with Gasteiger partial charge in [0.1, 0.15) is 0 Å². The van der Waals surface area contributed by atoms with Crippen molar-refractivity contribution < 1.29 is 7.56 Å². The Balaban J connectivity index is 1.59. The summed E-state index contributed by atoms with van der Waals surface area (Å²) in [6.07, 6.45) is 12.3. The maximum absolute atomic E-state index is 8.15. The normalized spacial score (nSPS) is 17.4. The SMILES string of the molecule is c1cc[c]([Sn]([O]C2CCCCC2)([O][Sn]([O]C2CCCCC2)([c]2ccccc2)[c]2ccccc2)[c]2ccccc2)cc1. The van der Waals surface area contributed by atoms with Crippen molar-refractivity contribution >= 4 is 52.7 Å². The summed E-state index contributed by atoms with van der Waals surface area (Å²) in [5.74, 6) is 0. The molecule has 0 N–H and O–H groups in total. The summed E-state index contributed by atoms with van der Waals surface area (Å²) in [4.78, 5) is 0. The van der Waals surface area contributed by atoms with Crippen LogP contribution >= 0.6 is 0 Å². The molecule has 0 saturated heterocycles. The van der Waals surface area contributed by atoms with Crippen molar-refractivity contribution in [2.45, 2.75) is 76.4 Å². The van der Waals surface area contributed by atoms with Crippen LogP contribution in [0.4, 0.5) is 0 Å². The summed E-state index contributed by atoms with van der Waals surface area (Å²) < 4.78 is 28.3. The number of benzene rings is 4. The van der Waals surface area contributed by atoms with E-state index in [0.717, 1.165) is 25.7 Å². The van der Waals surface area contributed by atoms with Gasteiger partial charge in [-0.25, -0.2) is 0 Å². The van der Waals surface area contributed by atoms with Crippen molar-refractivity contribution in [1.82, 2.24) is 0 Å². The van der Waals surface area contributed by atoms with Gasteiger partial charge in [0, 0.05) is 0 Å². The third-order valence-corrected chi connectivity index (χ3v) is 37.6. The van der Waals surface area contributed by atoms with Gasteiger partial charge in [0.2, 0.25) is 0 Å². The van der Waals surface area contributed by atoms with Crippen LogP contribution in [0.15, 0.2) is 121 Å². The predicted molar refractivity (Wildman–Crippen MR) is 173 cm³/mol. The van der Waals surface area contributed by atoms with E-state index >= 15 is 0 Å². The Labute approximate surface area is 256 Å². The van der Waals surface area contributed by atoms with E-state index in [2.05, 4.69) is 121 Å². The van der Waals surface area contributed by atoms with Gasteiger partial charge < -0.3 is 0 Å². The molecule has 2 aliphatic rings. The van der Waals surface area contributed by atoms with Gasteiger partial charge in [-0.1, -0.05) is 0 Å². The molecular formula is C36H42O3Sn2. The predicted octanol–water partition coefficient (Wildman–Crippen LogP) is 6.21. The first-order valence-corrected chi connectivity index (χ1v) is 25.9. The second-order valence-electron chi connectivity index (χ2n) is 11.6. The molecule has 0 atom stereocenters. The molecule has 2 fully saturated rings. The van der Waals surface area contributed by atoms with Crippen LogP contribution < -0.4 is 14.3 Å². The van der Waals surface area contributed by atoms with E-state index in [1.54, 1.807) is 0 Å². The third kappa shape index (κ3) is 6.80. The van der Waals surface area contributed by atoms with Gasteiger partial charge in [-0.15, -0.1) is 0 Å². The second-order valence-corrected chi connectivity index (χ2v) is 31.0. The van der Waals surface area contributed by atoms with Crippen molar-refractivity contribution in [1.29, 1.82) is 0 Å². The van der Waals surface area contributed by atoms with Crippen LogP contribution in [0.2, 0.25) is 0 Å². The van der Waals surface area contributed by atoms with E-state index in [9.17, 15) is 0 Å². The van der Waals surface area contributed by atoms with Crippen LogP contribution in [0, 0.1) is 0 Å². The van der Waals surface area contributed by atoms with E-state index in [-0.39, 0.29) is 12.2 Å². The zero-order valence-electron chi connectivity index (χ0n) is 24.0. The minimum atomic E-state index is -4.36. The summed E-state index contributed by atoms with van der Waals surface area (Å²) >= 11 is -8.71. The summed E-state index contributed by atoms with van der Waals surface area (Å²) in [5, 5.41) is 0. The van der Waals surface area contributed by atoms with Gasteiger partial charge in [-0.2, -0.15) is 0 Å². The Kier molecular flexibility index (Phi) is 10.2. The maximum atomic E-state index is 8.15. The molecule has 212 valence electrons. The molecule has 0 heterocycles. The van der Waals surface area contributed by atoms with Crippen molar-refractivity contribution in [3.05, 3.63) is 121 Å². The molecule has 4 aromatic carbocycles. The molecule has 0 amide bonds. The first-order valence-electron chi connectivity index (χ1n) is 15.6. The number of hydrogen-bond donors (Lipinski definition) is 0. The van der Waals surface area contributed by atoms with Crippen LogP contribution in [-0.2, 0) is 7.56 Å². The zero-order valence-corrected chi connectivity index (χ0v) is 29.7. The summed E-state index contributed by atoms with van der Waals surface area (Å²) in [7, 11) is 0. The first kappa shape index (κ1) is 29.4. The molecule has 2 aliphatic carbocycles. The van der Waals surface area contributed by atoms with Gasteiger partial charge in [-0.05, 0) is 0 Å². The molecule has 41 heavy (non-hydrogen) atoms. The molecule has 3 nitrogen and oxygen atoms in total. The second kappa shape index (κ2) is 14.2. The fourth-order valence-electron chi connectivity index (χ4n) is 6.56. The monoisotopic (exact) mass is 762 g/mol. The Morgan fingerprint density at radius 2 is 0.634 bits per heavy atom. The van der Waals surface area contributed by atoms with Crippen LogP contribution in [0.5, 0.6) is 0 Å². The molecule has 0 aromatic heterocycles.